The second-order valence-electron chi connectivity index (χ2n) is 3.85. The molecule has 0 bridgehead atoms. The van der Waals surface area contributed by atoms with E-state index in [0.717, 1.165) is 20.6 Å². The summed E-state index contributed by atoms with van der Waals surface area (Å²) in [7, 11) is 0. The molecule has 0 aromatic carbocycles. The van der Waals surface area contributed by atoms with Gasteiger partial charge in [0.15, 0.2) is 0 Å². The van der Waals surface area contributed by atoms with E-state index in [1.54, 1.807) is 11.3 Å². The van der Waals surface area contributed by atoms with Gasteiger partial charge in [-0.05, 0) is 56.7 Å². The lowest BCUT2D eigenvalue weighted by molar-refractivity contribution is 0.510. The van der Waals surface area contributed by atoms with E-state index in [-0.39, 0.29) is 6.04 Å². The highest BCUT2D eigenvalue weighted by Gasteiger charge is 2.11. The van der Waals surface area contributed by atoms with Gasteiger partial charge in [-0.25, -0.2) is 0 Å². The minimum Gasteiger partial charge on any atom is -0.323 e. The van der Waals surface area contributed by atoms with Crippen LogP contribution in [0.2, 0.25) is 0 Å². The zero-order chi connectivity index (χ0) is 10.7. The fraction of sp³-hybridized carbons (Fsp3) is 0.600. The van der Waals surface area contributed by atoms with E-state index in [0.29, 0.717) is 0 Å². The molecule has 0 saturated heterocycles. The van der Waals surface area contributed by atoms with Crippen molar-refractivity contribution in [3.8, 4) is 0 Å². The molecule has 0 fully saturated rings. The summed E-state index contributed by atoms with van der Waals surface area (Å²) in [5.74, 6) is 0.730. The van der Waals surface area contributed by atoms with Crippen LogP contribution in [0.3, 0.4) is 0 Å². The van der Waals surface area contributed by atoms with Gasteiger partial charge >= 0.3 is 0 Å². The number of nitrogens with two attached hydrogens (primary N) is 1. The lowest BCUT2D eigenvalue weighted by Gasteiger charge is -2.10. The largest absolute Gasteiger partial charge is 0.323 e. The van der Waals surface area contributed by atoms with Crippen LogP contribution in [0.15, 0.2) is 14.3 Å². The van der Waals surface area contributed by atoms with Gasteiger partial charge in [0.1, 0.15) is 0 Å². The van der Waals surface area contributed by atoms with Crippen molar-refractivity contribution in [2.45, 2.75) is 32.7 Å². The Hall–Kier alpha value is 0.620. The van der Waals surface area contributed by atoms with Crippen molar-refractivity contribution in [1.29, 1.82) is 0 Å². The van der Waals surface area contributed by atoms with Gasteiger partial charge in [0.2, 0.25) is 0 Å². The fourth-order valence-corrected chi connectivity index (χ4v) is 3.33. The van der Waals surface area contributed by atoms with Crippen LogP contribution in [0.25, 0.3) is 0 Å². The summed E-state index contributed by atoms with van der Waals surface area (Å²) in [6.07, 6.45) is 2.26. The van der Waals surface area contributed by atoms with E-state index in [4.69, 9.17) is 5.73 Å². The predicted molar refractivity (Wildman–Crippen MR) is 70.7 cm³/mol. The van der Waals surface area contributed by atoms with Gasteiger partial charge in [0, 0.05) is 15.4 Å². The molecule has 0 radical (unpaired) electrons. The minimum atomic E-state index is 0.185. The van der Waals surface area contributed by atoms with E-state index in [9.17, 15) is 0 Å². The van der Waals surface area contributed by atoms with Crippen LogP contribution in [0, 0.1) is 5.92 Å². The van der Waals surface area contributed by atoms with Crippen LogP contribution in [0.1, 0.15) is 37.6 Å². The summed E-state index contributed by atoms with van der Waals surface area (Å²) in [5, 5.41) is 0. The maximum absolute atomic E-state index is 6.09. The van der Waals surface area contributed by atoms with Crippen molar-refractivity contribution in [1.82, 2.24) is 0 Å². The van der Waals surface area contributed by atoms with E-state index in [1.807, 2.05) is 0 Å². The Labute approximate surface area is 106 Å². The molecule has 0 aliphatic rings. The maximum Gasteiger partial charge on any atom is 0.0843 e. The van der Waals surface area contributed by atoms with E-state index < -0.39 is 0 Å². The zero-order valence-electron chi connectivity index (χ0n) is 8.39. The number of hydrogen-bond donors (Lipinski definition) is 1. The van der Waals surface area contributed by atoms with Crippen LogP contribution in [-0.4, -0.2) is 0 Å². The van der Waals surface area contributed by atoms with Crippen molar-refractivity contribution in [3.05, 3.63) is 19.2 Å². The third-order valence-corrected chi connectivity index (χ3v) is 5.47. The average Bonchev–Trinajstić information content (AvgIpc) is 2.43. The Morgan fingerprint density at radius 3 is 2.43 bits per heavy atom. The van der Waals surface area contributed by atoms with Crippen LogP contribution < -0.4 is 5.73 Å². The Balaban J connectivity index is 2.56. The summed E-state index contributed by atoms with van der Waals surface area (Å²) < 4.78 is 2.24. The molecule has 1 heterocycles. The Morgan fingerprint density at radius 1 is 1.36 bits per heavy atom. The molecule has 1 atom stereocenters. The van der Waals surface area contributed by atoms with Gasteiger partial charge in [-0.1, -0.05) is 13.8 Å². The number of rotatable bonds is 4. The van der Waals surface area contributed by atoms with Gasteiger partial charge in [-0.15, -0.1) is 11.3 Å². The molecular weight excluding hydrogens is 326 g/mol. The number of halogens is 2. The van der Waals surface area contributed by atoms with Crippen molar-refractivity contribution in [3.63, 3.8) is 0 Å². The minimum absolute atomic E-state index is 0.185. The lowest BCUT2D eigenvalue weighted by atomic mass is 10.0. The highest BCUT2D eigenvalue weighted by molar-refractivity contribution is 9.13. The third-order valence-electron chi connectivity index (χ3n) is 2.08. The molecule has 1 aromatic heterocycles. The quantitative estimate of drug-likeness (QED) is 0.843. The van der Waals surface area contributed by atoms with Gasteiger partial charge < -0.3 is 5.73 Å². The second kappa shape index (κ2) is 5.64. The van der Waals surface area contributed by atoms with Gasteiger partial charge in [0.05, 0.1) is 3.79 Å². The van der Waals surface area contributed by atoms with E-state index in [2.05, 4.69) is 51.8 Å². The first-order valence-electron chi connectivity index (χ1n) is 4.71. The molecular formula is C10H15Br2NS. The molecule has 0 saturated carbocycles. The second-order valence-corrected chi connectivity index (χ2v) is 7.10. The molecule has 0 aliphatic heterocycles. The van der Waals surface area contributed by atoms with Crippen LogP contribution >= 0.6 is 43.2 Å². The molecule has 80 valence electrons. The van der Waals surface area contributed by atoms with Gasteiger partial charge in [-0.2, -0.15) is 0 Å². The molecule has 1 rings (SSSR count). The smallest absolute Gasteiger partial charge is 0.0843 e. The van der Waals surface area contributed by atoms with Crippen LogP contribution in [0.5, 0.6) is 0 Å². The van der Waals surface area contributed by atoms with Crippen molar-refractivity contribution >= 4 is 43.2 Å². The summed E-state index contributed by atoms with van der Waals surface area (Å²) in [5.41, 5.74) is 6.09. The molecule has 1 aromatic rings. The molecule has 1 nitrogen and oxygen atoms in total. The highest BCUT2D eigenvalue weighted by Crippen LogP contribution is 2.36. The average molecular weight is 341 g/mol. The first-order valence-corrected chi connectivity index (χ1v) is 7.11. The molecule has 0 spiro atoms. The Bertz CT molecular complexity index is 277. The molecule has 2 N–H and O–H groups in total. The van der Waals surface area contributed by atoms with Crippen molar-refractivity contribution in [2.75, 3.05) is 0 Å². The monoisotopic (exact) mass is 339 g/mol. The van der Waals surface area contributed by atoms with Crippen LogP contribution in [-0.2, 0) is 0 Å². The van der Waals surface area contributed by atoms with Crippen LogP contribution in [0.4, 0.5) is 0 Å². The topological polar surface area (TPSA) is 26.0 Å². The molecule has 0 amide bonds. The SMILES string of the molecule is CC(C)CCC(N)c1cc(Br)c(Br)s1. The standard InChI is InChI=1S/C10H15Br2NS/c1-6(2)3-4-8(13)9-5-7(11)10(12)14-9/h5-6,8H,3-4,13H2,1-2H3. The van der Waals surface area contributed by atoms with Gasteiger partial charge in [0.25, 0.3) is 0 Å². The molecule has 14 heavy (non-hydrogen) atoms. The summed E-state index contributed by atoms with van der Waals surface area (Å²) in [6.45, 7) is 4.46. The summed E-state index contributed by atoms with van der Waals surface area (Å²) >= 11 is 8.67. The number of hydrogen-bond acceptors (Lipinski definition) is 2. The van der Waals surface area contributed by atoms with Gasteiger partial charge in [-0.3, -0.25) is 0 Å². The van der Waals surface area contributed by atoms with Crippen molar-refractivity contribution < 1.29 is 0 Å². The summed E-state index contributed by atoms with van der Waals surface area (Å²) in [6, 6.07) is 2.30. The Morgan fingerprint density at radius 2 is 2.00 bits per heavy atom. The Kier molecular flexibility index (Phi) is 5.11. The first-order chi connectivity index (χ1) is 6.50. The van der Waals surface area contributed by atoms with Crippen molar-refractivity contribution in [2.24, 2.45) is 11.7 Å². The van der Waals surface area contributed by atoms with E-state index in [1.165, 1.54) is 11.3 Å². The predicted octanol–water partition coefficient (Wildman–Crippen LogP) is 4.71. The fourth-order valence-electron chi connectivity index (χ4n) is 1.20. The van der Waals surface area contributed by atoms with E-state index >= 15 is 0 Å². The number of thiophene rings is 1. The lowest BCUT2D eigenvalue weighted by Crippen LogP contribution is -2.09. The maximum atomic E-state index is 6.09. The first kappa shape index (κ1) is 12.7. The molecule has 4 heteroatoms. The third kappa shape index (κ3) is 3.65. The highest BCUT2D eigenvalue weighted by atomic mass is 79.9. The summed E-state index contributed by atoms with van der Waals surface area (Å²) in [4.78, 5) is 1.25. The molecule has 1 unspecified atom stereocenters. The molecule has 0 aliphatic carbocycles. The zero-order valence-corrected chi connectivity index (χ0v) is 12.4. The normalized spacial score (nSPS) is 13.6.